The average molecular weight is 438 g/mol. The zero-order valence-corrected chi connectivity index (χ0v) is 18.3. The molecule has 164 valence electrons. The molecule has 0 saturated carbocycles. The molecule has 0 aliphatic carbocycles. The highest BCUT2D eigenvalue weighted by Crippen LogP contribution is 2.48. The number of carboxylic acids is 1. The number of halogens is 1. The molecule has 2 N–H and O–H groups in total. The molecule has 2 aromatic rings. The number of aliphatic hydroxyl groups is 1. The van der Waals surface area contributed by atoms with Gasteiger partial charge in [0.05, 0.1) is 18.7 Å². The first-order valence-electron chi connectivity index (χ1n) is 9.63. The van der Waals surface area contributed by atoms with Crippen molar-refractivity contribution in [1.29, 1.82) is 0 Å². The smallest absolute Gasteiger partial charge is 0.305 e. The molecule has 0 spiro atoms. The Labute approximate surface area is 176 Å². The Morgan fingerprint density at radius 3 is 2.47 bits per heavy atom. The number of carbonyl (C=O) groups is 1. The third kappa shape index (κ3) is 7.24. The van der Waals surface area contributed by atoms with Crippen LogP contribution in [0.4, 0.5) is 4.39 Å². The molecule has 0 aliphatic heterocycles. The van der Waals surface area contributed by atoms with E-state index in [-0.39, 0.29) is 24.7 Å². The summed E-state index contributed by atoms with van der Waals surface area (Å²) < 4.78 is 37.3. The van der Waals surface area contributed by atoms with E-state index in [0.717, 1.165) is 22.3 Å². The van der Waals surface area contributed by atoms with E-state index in [9.17, 15) is 18.9 Å². The Kier molecular flexibility index (Phi) is 8.59. The number of aryl methyl sites for hydroxylation is 2. The van der Waals surface area contributed by atoms with Crippen LogP contribution in [0.15, 0.2) is 36.4 Å². The monoisotopic (exact) mass is 438 g/mol. The van der Waals surface area contributed by atoms with Crippen molar-refractivity contribution in [1.82, 2.24) is 0 Å². The van der Waals surface area contributed by atoms with Gasteiger partial charge in [0.2, 0.25) is 7.37 Å². The zero-order valence-electron chi connectivity index (χ0n) is 17.4. The van der Waals surface area contributed by atoms with Crippen LogP contribution in [0.5, 0.6) is 5.75 Å². The molecule has 0 amide bonds. The Morgan fingerprint density at radius 1 is 1.20 bits per heavy atom. The van der Waals surface area contributed by atoms with Crippen molar-refractivity contribution in [2.75, 3.05) is 19.4 Å². The summed E-state index contributed by atoms with van der Waals surface area (Å²) in [5.41, 5.74) is 3.67. The Balaban J connectivity index is 2.14. The van der Waals surface area contributed by atoms with Crippen molar-refractivity contribution < 1.29 is 33.2 Å². The van der Waals surface area contributed by atoms with E-state index in [4.69, 9.17) is 14.4 Å². The van der Waals surface area contributed by atoms with Crippen LogP contribution < -0.4 is 4.74 Å². The summed E-state index contributed by atoms with van der Waals surface area (Å²) >= 11 is 0. The number of hydrogen-bond donors (Lipinski definition) is 2. The highest BCUT2D eigenvalue weighted by molar-refractivity contribution is 7.59. The van der Waals surface area contributed by atoms with E-state index in [2.05, 4.69) is 0 Å². The summed E-state index contributed by atoms with van der Waals surface area (Å²) in [6, 6.07) is 9.94. The van der Waals surface area contributed by atoms with Crippen molar-refractivity contribution in [3.05, 3.63) is 64.5 Å². The first kappa shape index (κ1) is 24.1. The summed E-state index contributed by atoms with van der Waals surface area (Å²) in [6.07, 6.45) is -1.40. The van der Waals surface area contributed by atoms with Crippen molar-refractivity contribution in [2.45, 2.75) is 39.4 Å². The maximum Gasteiger partial charge on any atom is 0.305 e. The maximum absolute atomic E-state index is 13.1. The molecule has 0 aromatic heterocycles. The molecule has 0 aliphatic rings. The van der Waals surface area contributed by atoms with E-state index < -0.39 is 25.9 Å². The minimum atomic E-state index is -3.22. The van der Waals surface area contributed by atoms with Gasteiger partial charge < -0.3 is 19.5 Å². The zero-order chi connectivity index (χ0) is 22.3. The molecule has 6 nitrogen and oxygen atoms in total. The van der Waals surface area contributed by atoms with E-state index >= 15 is 0 Å². The summed E-state index contributed by atoms with van der Waals surface area (Å²) in [4.78, 5) is 10.8. The van der Waals surface area contributed by atoms with Gasteiger partial charge in [-0.2, -0.15) is 0 Å². The second-order valence-electron chi connectivity index (χ2n) is 7.38. The van der Waals surface area contributed by atoms with E-state index in [1.807, 2.05) is 26.0 Å². The third-order valence-electron chi connectivity index (χ3n) is 4.82. The maximum atomic E-state index is 13.1. The highest BCUT2D eigenvalue weighted by Gasteiger charge is 2.27. The number of aliphatic carboxylic acids is 1. The molecule has 2 atom stereocenters. The molecular formula is C22H28FO6P. The quantitative estimate of drug-likeness (QED) is 0.508. The first-order valence-corrected chi connectivity index (χ1v) is 11.6. The van der Waals surface area contributed by atoms with Gasteiger partial charge in [-0.1, -0.05) is 18.2 Å². The minimum Gasteiger partial charge on any atom is -0.489 e. The second-order valence-corrected chi connectivity index (χ2v) is 10.2. The Morgan fingerprint density at radius 2 is 1.87 bits per heavy atom. The van der Waals surface area contributed by atoms with Crippen molar-refractivity contribution in [3.63, 3.8) is 0 Å². The van der Waals surface area contributed by atoms with Gasteiger partial charge in [-0.3, -0.25) is 9.36 Å². The second kappa shape index (κ2) is 10.7. The lowest BCUT2D eigenvalue weighted by Gasteiger charge is -2.21. The fourth-order valence-corrected chi connectivity index (χ4v) is 5.13. The van der Waals surface area contributed by atoms with E-state index in [1.165, 1.54) is 19.2 Å². The number of benzene rings is 2. The highest BCUT2D eigenvalue weighted by atomic mass is 31.2. The summed E-state index contributed by atoms with van der Waals surface area (Å²) in [5, 5.41) is 18.7. The van der Waals surface area contributed by atoms with E-state index in [1.54, 1.807) is 12.1 Å². The third-order valence-corrected chi connectivity index (χ3v) is 7.37. The van der Waals surface area contributed by atoms with E-state index in [0.29, 0.717) is 12.2 Å². The number of hydrogen-bond acceptors (Lipinski definition) is 5. The SMILES string of the molecule is COP(=O)(CCc1c(C)cc(C)cc1OCc1ccc(F)cc1)C[C@@H](O)CC(=O)O. The summed E-state index contributed by atoms with van der Waals surface area (Å²) in [7, 11) is -1.91. The summed E-state index contributed by atoms with van der Waals surface area (Å²) in [5.74, 6) is -0.826. The van der Waals surface area contributed by atoms with Gasteiger partial charge in [0.1, 0.15) is 18.2 Å². The van der Waals surface area contributed by atoms with Crippen LogP contribution in [-0.2, 0) is 26.9 Å². The van der Waals surface area contributed by atoms with Crippen LogP contribution in [0.2, 0.25) is 0 Å². The molecule has 0 bridgehead atoms. The molecule has 2 rings (SSSR count). The lowest BCUT2D eigenvalue weighted by molar-refractivity contribution is -0.138. The molecule has 2 aromatic carbocycles. The van der Waals surface area contributed by atoms with Gasteiger partial charge in [0, 0.05) is 13.3 Å². The van der Waals surface area contributed by atoms with Gasteiger partial charge in [-0.15, -0.1) is 0 Å². The average Bonchev–Trinajstić information content (AvgIpc) is 2.65. The minimum absolute atomic E-state index is 0.150. The normalized spacial score (nSPS) is 14.2. The van der Waals surface area contributed by atoms with Crippen molar-refractivity contribution in [2.24, 2.45) is 0 Å². The molecule has 8 heteroatoms. The van der Waals surface area contributed by atoms with Crippen LogP contribution in [0, 0.1) is 19.7 Å². The van der Waals surface area contributed by atoms with Gasteiger partial charge in [-0.05, 0) is 60.7 Å². The van der Waals surface area contributed by atoms with Crippen LogP contribution >= 0.6 is 7.37 Å². The standard InChI is InChI=1S/C22H28FO6P/c1-15-10-16(2)20(8-9-30(27,28-3)14-19(24)12-22(25)26)21(11-15)29-13-17-4-6-18(23)7-5-17/h4-7,10-11,19,24H,8-9,12-14H2,1-3H3,(H,25,26)/t19-,30?/m0/s1. The van der Waals surface area contributed by atoms with Crippen molar-refractivity contribution >= 4 is 13.3 Å². The van der Waals surface area contributed by atoms with Gasteiger partial charge in [0.15, 0.2) is 0 Å². The van der Waals surface area contributed by atoms with Crippen LogP contribution in [-0.4, -0.2) is 41.7 Å². The fraction of sp³-hybridized carbons (Fsp3) is 0.409. The Bertz CT molecular complexity index is 913. The molecule has 30 heavy (non-hydrogen) atoms. The van der Waals surface area contributed by atoms with Gasteiger partial charge in [0.25, 0.3) is 0 Å². The largest absolute Gasteiger partial charge is 0.489 e. The van der Waals surface area contributed by atoms with Gasteiger partial charge in [-0.25, -0.2) is 4.39 Å². The van der Waals surface area contributed by atoms with Crippen molar-refractivity contribution in [3.8, 4) is 5.75 Å². The molecule has 0 radical (unpaired) electrons. The molecule has 0 saturated heterocycles. The fourth-order valence-electron chi connectivity index (χ4n) is 3.28. The number of ether oxygens (including phenoxy) is 1. The predicted octanol–water partition coefficient (Wildman–Crippen LogP) is 4.32. The van der Waals surface area contributed by atoms with Crippen LogP contribution in [0.1, 0.15) is 28.7 Å². The topological polar surface area (TPSA) is 93.1 Å². The predicted molar refractivity (Wildman–Crippen MR) is 113 cm³/mol. The first-order chi connectivity index (χ1) is 14.1. The lowest BCUT2D eigenvalue weighted by Crippen LogP contribution is -2.19. The van der Waals surface area contributed by atoms with Gasteiger partial charge >= 0.3 is 5.97 Å². The Hall–Kier alpha value is -2.21. The van der Waals surface area contributed by atoms with Crippen LogP contribution in [0.3, 0.4) is 0 Å². The lowest BCUT2D eigenvalue weighted by atomic mass is 10.0. The van der Waals surface area contributed by atoms with Crippen LogP contribution in [0.25, 0.3) is 0 Å². The number of rotatable bonds is 11. The molecule has 0 heterocycles. The summed E-state index contributed by atoms with van der Waals surface area (Å²) in [6.45, 7) is 4.14. The molecule has 1 unspecified atom stereocenters. The number of carboxylic acid groups (broad SMARTS) is 1. The molecule has 0 fully saturated rings. The molecular weight excluding hydrogens is 410 g/mol. The number of aliphatic hydroxyl groups excluding tert-OH is 1.